The summed E-state index contributed by atoms with van der Waals surface area (Å²) in [5.74, 6) is 0.406. The van der Waals surface area contributed by atoms with Crippen LogP contribution in [0.25, 0.3) is 0 Å². The molecule has 0 spiro atoms. The highest BCUT2D eigenvalue weighted by molar-refractivity contribution is 5.50. The molecule has 1 aromatic carbocycles. The van der Waals surface area contributed by atoms with E-state index in [0.29, 0.717) is 17.2 Å². The van der Waals surface area contributed by atoms with Crippen LogP contribution in [0.5, 0.6) is 0 Å². The molecule has 1 N–H and O–H groups in total. The van der Waals surface area contributed by atoms with Gasteiger partial charge in [-0.25, -0.2) is 4.39 Å². The van der Waals surface area contributed by atoms with Crippen molar-refractivity contribution >= 4 is 5.69 Å². The Morgan fingerprint density at radius 3 is 2.75 bits per heavy atom. The van der Waals surface area contributed by atoms with Crippen molar-refractivity contribution in [3.05, 3.63) is 29.6 Å². The third-order valence-corrected chi connectivity index (χ3v) is 3.22. The van der Waals surface area contributed by atoms with E-state index in [1.54, 1.807) is 19.1 Å². The number of anilines is 1. The van der Waals surface area contributed by atoms with Crippen LogP contribution < -0.4 is 4.90 Å². The monoisotopic (exact) mass is 223 g/mol. The molecule has 2 rings (SSSR count). The van der Waals surface area contributed by atoms with Gasteiger partial charge in [0.2, 0.25) is 0 Å². The molecule has 1 heterocycles. The SMILES string of the molecule is CC1CCN(c2ccc([C@H](C)O)cc2F)C1. The molecule has 0 radical (unpaired) electrons. The molecule has 1 aromatic rings. The van der Waals surface area contributed by atoms with E-state index in [1.165, 1.54) is 6.07 Å². The topological polar surface area (TPSA) is 23.5 Å². The average molecular weight is 223 g/mol. The Morgan fingerprint density at radius 1 is 1.50 bits per heavy atom. The summed E-state index contributed by atoms with van der Waals surface area (Å²) >= 11 is 0. The van der Waals surface area contributed by atoms with Crippen LogP contribution >= 0.6 is 0 Å². The highest BCUT2D eigenvalue weighted by Gasteiger charge is 2.21. The second-order valence-electron chi connectivity index (χ2n) is 4.73. The normalized spacial score (nSPS) is 22.5. The van der Waals surface area contributed by atoms with Gasteiger partial charge in [-0.15, -0.1) is 0 Å². The lowest BCUT2D eigenvalue weighted by atomic mass is 10.1. The van der Waals surface area contributed by atoms with Crippen molar-refractivity contribution in [3.63, 3.8) is 0 Å². The number of nitrogens with zero attached hydrogens (tertiary/aromatic N) is 1. The molecule has 16 heavy (non-hydrogen) atoms. The molecular formula is C13H18FNO. The Balaban J connectivity index is 2.22. The molecule has 1 aliphatic heterocycles. The fourth-order valence-electron chi connectivity index (χ4n) is 2.19. The predicted octanol–water partition coefficient (Wildman–Crippen LogP) is 2.73. The summed E-state index contributed by atoms with van der Waals surface area (Å²) in [7, 11) is 0. The molecule has 0 aromatic heterocycles. The minimum atomic E-state index is -0.610. The van der Waals surface area contributed by atoms with E-state index in [1.807, 2.05) is 0 Å². The lowest BCUT2D eigenvalue weighted by Gasteiger charge is -2.19. The highest BCUT2D eigenvalue weighted by atomic mass is 19.1. The third kappa shape index (κ3) is 2.19. The van der Waals surface area contributed by atoms with Crippen molar-refractivity contribution in [1.82, 2.24) is 0 Å². The highest BCUT2D eigenvalue weighted by Crippen LogP contribution is 2.28. The van der Waals surface area contributed by atoms with Gasteiger partial charge in [0.25, 0.3) is 0 Å². The number of hydrogen-bond acceptors (Lipinski definition) is 2. The van der Waals surface area contributed by atoms with Crippen LogP contribution in [0.15, 0.2) is 18.2 Å². The molecule has 1 fully saturated rings. The third-order valence-electron chi connectivity index (χ3n) is 3.22. The van der Waals surface area contributed by atoms with E-state index in [-0.39, 0.29) is 5.82 Å². The molecule has 1 aliphatic rings. The van der Waals surface area contributed by atoms with Crippen molar-refractivity contribution in [2.75, 3.05) is 18.0 Å². The van der Waals surface area contributed by atoms with Crippen molar-refractivity contribution in [3.8, 4) is 0 Å². The van der Waals surface area contributed by atoms with Crippen molar-refractivity contribution in [1.29, 1.82) is 0 Å². The van der Waals surface area contributed by atoms with Gasteiger partial charge in [-0.05, 0) is 37.0 Å². The van der Waals surface area contributed by atoms with Gasteiger partial charge in [-0.1, -0.05) is 13.0 Å². The van der Waals surface area contributed by atoms with Crippen LogP contribution in [0.4, 0.5) is 10.1 Å². The smallest absolute Gasteiger partial charge is 0.146 e. The largest absolute Gasteiger partial charge is 0.389 e. The summed E-state index contributed by atoms with van der Waals surface area (Å²) in [6, 6.07) is 5.00. The predicted molar refractivity (Wildman–Crippen MR) is 63.0 cm³/mol. The molecule has 0 amide bonds. The molecule has 2 nitrogen and oxygen atoms in total. The molecule has 0 saturated carbocycles. The van der Waals surface area contributed by atoms with Crippen molar-refractivity contribution in [2.24, 2.45) is 5.92 Å². The van der Waals surface area contributed by atoms with E-state index in [0.717, 1.165) is 19.5 Å². The van der Waals surface area contributed by atoms with Gasteiger partial charge < -0.3 is 10.0 Å². The van der Waals surface area contributed by atoms with Gasteiger partial charge in [0.05, 0.1) is 11.8 Å². The maximum Gasteiger partial charge on any atom is 0.146 e. The number of rotatable bonds is 2. The van der Waals surface area contributed by atoms with Crippen molar-refractivity contribution in [2.45, 2.75) is 26.4 Å². The Bertz CT molecular complexity index is 378. The zero-order chi connectivity index (χ0) is 11.7. The summed E-state index contributed by atoms with van der Waals surface area (Å²) in [6.45, 7) is 5.67. The maximum absolute atomic E-state index is 13.8. The van der Waals surface area contributed by atoms with Gasteiger partial charge in [-0.2, -0.15) is 0 Å². The summed E-state index contributed by atoms with van der Waals surface area (Å²) < 4.78 is 13.8. The van der Waals surface area contributed by atoms with Crippen LogP contribution in [0.3, 0.4) is 0 Å². The molecule has 88 valence electrons. The van der Waals surface area contributed by atoms with Crippen LogP contribution in [-0.4, -0.2) is 18.2 Å². The Labute approximate surface area is 95.7 Å². The minimum absolute atomic E-state index is 0.229. The molecule has 0 aliphatic carbocycles. The van der Waals surface area contributed by atoms with Crippen LogP contribution in [0.1, 0.15) is 31.9 Å². The van der Waals surface area contributed by atoms with Gasteiger partial charge in [-0.3, -0.25) is 0 Å². The van der Waals surface area contributed by atoms with E-state index >= 15 is 0 Å². The maximum atomic E-state index is 13.8. The fourth-order valence-corrected chi connectivity index (χ4v) is 2.19. The standard InChI is InChI=1S/C13H18FNO/c1-9-5-6-15(8-9)13-4-3-11(10(2)16)7-12(13)14/h3-4,7,9-10,16H,5-6,8H2,1-2H3/t9?,10-/m0/s1. The number of aliphatic hydroxyl groups is 1. The summed E-state index contributed by atoms with van der Waals surface area (Å²) in [5, 5.41) is 9.37. The van der Waals surface area contributed by atoms with Gasteiger partial charge >= 0.3 is 0 Å². The summed E-state index contributed by atoms with van der Waals surface area (Å²) in [6.07, 6.45) is 0.512. The number of benzene rings is 1. The molecular weight excluding hydrogens is 205 g/mol. The van der Waals surface area contributed by atoms with E-state index in [4.69, 9.17) is 0 Å². The first kappa shape index (κ1) is 11.4. The second-order valence-corrected chi connectivity index (χ2v) is 4.73. The first-order chi connectivity index (χ1) is 7.58. The first-order valence-electron chi connectivity index (χ1n) is 5.80. The molecule has 0 bridgehead atoms. The number of aliphatic hydroxyl groups excluding tert-OH is 1. The second kappa shape index (κ2) is 4.42. The van der Waals surface area contributed by atoms with Gasteiger partial charge in [0.15, 0.2) is 0 Å². The molecule has 3 heteroatoms. The number of hydrogen-bond donors (Lipinski definition) is 1. The fraction of sp³-hybridized carbons (Fsp3) is 0.538. The summed E-state index contributed by atoms with van der Waals surface area (Å²) in [4.78, 5) is 2.08. The first-order valence-corrected chi connectivity index (χ1v) is 5.80. The minimum Gasteiger partial charge on any atom is -0.389 e. The van der Waals surface area contributed by atoms with Gasteiger partial charge in [0, 0.05) is 13.1 Å². The molecule has 2 atom stereocenters. The van der Waals surface area contributed by atoms with Crippen molar-refractivity contribution < 1.29 is 9.50 Å². The lowest BCUT2D eigenvalue weighted by Crippen LogP contribution is -2.20. The zero-order valence-corrected chi connectivity index (χ0v) is 9.78. The van der Waals surface area contributed by atoms with E-state index in [2.05, 4.69) is 11.8 Å². The summed E-state index contributed by atoms with van der Waals surface area (Å²) in [5.41, 5.74) is 1.29. The van der Waals surface area contributed by atoms with Gasteiger partial charge in [0.1, 0.15) is 5.82 Å². The van der Waals surface area contributed by atoms with Crippen LogP contribution in [0.2, 0.25) is 0 Å². The Kier molecular flexibility index (Phi) is 3.15. The van der Waals surface area contributed by atoms with E-state index in [9.17, 15) is 9.50 Å². The quantitative estimate of drug-likeness (QED) is 0.833. The average Bonchev–Trinajstić information content (AvgIpc) is 2.64. The molecule has 1 saturated heterocycles. The zero-order valence-electron chi connectivity index (χ0n) is 9.78. The lowest BCUT2D eigenvalue weighted by molar-refractivity contribution is 0.199. The van der Waals surface area contributed by atoms with Crippen LogP contribution in [0, 0.1) is 11.7 Å². The Hall–Kier alpha value is -1.09. The number of halogens is 1. The van der Waals surface area contributed by atoms with Crippen LogP contribution in [-0.2, 0) is 0 Å². The molecule has 1 unspecified atom stereocenters. The Morgan fingerprint density at radius 2 is 2.25 bits per heavy atom. The van der Waals surface area contributed by atoms with E-state index < -0.39 is 6.10 Å².